The molecule has 2 heteroatoms. The van der Waals surface area contributed by atoms with Crippen molar-refractivity contribution in [1.29, 1.82) is 0 Å². The van der Waals surface area contributed by atoms with Gasteiger partial charge in [0.05, 0.1) is 12.3 Å². The molecular weight excluding hydrogens is 210 g/mol. The van der Waals surface area contributed by atoms with E-state index in [0.717, 1.165) is 12.3 Å². The fourth-order valence-electron chi connectivity index (χ4n) is 1.82. The summed E-state index contributed by atoms with van der Waals surface area (Å²) in [5, 5.41) is 3.45. The number of hydrogen-bond donors (Lipinski definition) is 1. The van der Waals surface area contributed by atoms with E-state index in [9.17, 15) is 0 Å². The van der Waals surface area contributed by atoms with E-state index in [4.69, 9.17) is 4.42 Å². The SMILES string of the molecule is Cc1ccc(CN[C@@H](C)c2ccco2)cc1C. The lowest BCUT2D eigenvalue weighted by atomic mass is 10.1. The molecule has 1 aromatic heterocycles. The minimum Gasteiger partial charge on any atom is -0.468 e. The van der Waals surface area contributed by atoms with E-state index in [1.54, 1.807) is 6.26 Å². The Morgan fingerprint density at radius 1 is 1.18 bits per heavy atom. The number of aryl methyl sites for hydroxylation is 2. The molecule has 0 aliphatic rings. The van der Waals surface area contributed by atoms with Crippen LogP contribution in [-0.4, -0.2) is 0 Å². The zero-order chi connectivity index (χ0) is 12.3. The van der Waals surface area contributed by atoms with Gasteiger partial charge in [-0.05, 0) is 49.6 Å². The van der Waals surface area contributed by atoms with Crippen LogP contribution in [-0.2, 0) is 6.54 Å². The van der Waals surface area contributed by atoms with Crippen LogP contribution in [0, 0.1) is 13.8 Å². The first-order valence-electron chi connectivity index (χ1n) is 6.00. The molecule has 0 saturated carbocycles. The molecule has 1 heterocycles. The number of hydrogen-bond acceptors (Lipinski definition) is 2. The second-order valence-electron chi connectivity index (χ2n) is 4.54. The summed E-state index contributed by atoms with van der Waals surface area (Å²) in [5.41, 5.74) is 3.99. The van der Waals surface area contributed by atoms with Crippen molar-refractivity contribution in [2.75, 3.05) is 0 Å². The molecule has 0 radical (unpaired) electrons. The Kier molecular flexibility index (Phi) is 3.64. The number of furan rings is 1. The minimum absolute atomic E-state index is 0.242. The number of nitrogens with one attached hydrogen (secondary N) is 1. The first-order chi connectivity index (χ1) is 8.16. The molecule has 2 aromatic rings. The third kappa shape index (κ3) is 2.98. The molecule has 1 N–H and O–H groups in total. The van der Waals surface area contributed by atoms with Crippen LogP contribution in [0.15, 0.2) is 41.0 Å². The topological polar surface area (TPSA) is 25.2 Å². The van der Waals surface area contributed by atoms with Crippen molar-refractivity contribution in [2.24, 2.45) is 0 Å². The fourth-order valence-corrected chi connectivity index (χ4v) is 1.82. The Balaban J connectivity index is 1.96. The molecule has 0 amide bonds. The molecule has 0 aliphatic heterocycles. The van der Waals surface area contributed by atoms with E-state index in [0.29, 0.717) is 0 Å². The first-order valence-corrected chi connectivity index (χ1v) is 6.00. The third-order valence-electron chi connectivity index (χ3n) is 3.15. The first kappa shape index (κ1) is 11.9. The van der Waals surface area contributed by atoms with Crippen LogP contribution < -0.4 is 5.32 Å². The van der Waals surface area contributed by atoms with Crippen LogP contribution in [0.3, 0.4) is 0 Å². The summed E-state index contributed by atoms with van der Waals surface area (Å²) < 4.78 is 5.36. The summed E-state index contributed by atoms with van der Waals surface area (Å²) in [6.45, 7) is 7.26. The van der Waals surface area contributed by atoms with Gasteiger partial charge in [0.2, 0.25) is 0 Å². The molecule has 0 spiro atoms. The summed E-state index contributed by atoms with van der Waals surface area (Å²) in [4.78, 5) is 0. The van der Waals surface area contributed by atoms with Gasteiger partial charge in [-0.15, -0.1) is 0 Å². The van der Waals surface area contributed by atoms with Gasteiger partial charge in [0, 0.05) is 6.54 Å². The largest absolute Gasteiger partial charge is 0.468 e. The van der Waals surface area contributed by atoms with Crippen LogP contribution in [0.2, 0.25) is 0 Å². The van der Waals surface area contributed by atoms with E-state index in [-0.39, 0.29) is 6.04 Å². The van der Waals surface area contributed by atoms with Crippen LogP contribution in [0.25, 0.3) is 0 Å². The summed E-state index contributed by atoms with van der Waals surface area (Å²) in [7, 11) is 0. The monoisotopic (exact) mass is 229 g/mol. The summed E-state index contributed by atoms with van der Waals surface area (Å²) in [5.74, 6) is 0.980. The smallest absolute Gasteiger partial charge is 0.120 e. The molecule has 0 saturated heterocycles. The molecule has 2 nitrogen and oxygen atoms in total. The van der Waals surface area contributed by atoms with Crippen LogP contribution >= 0.6 is 0 Å². The van der Waals surface area contributed by atoms with Gasteiger partial charge < -0.3 is 9.73 Å². The van der Waals surface area contributed by atoms with Gasteiger partial charge in [-0.1, -0.05) is 18.2 Å². The molecule has 0 unspecified atom stereocenters. The normalized spacial score (nSPS) is 12.6. The zero-order valence-electron chi connectivity index (χ0n) is 10.7. The van der Waals surface area contributed by atoms with Gasteiger partial charge in [-0.2, -0.15) is 0 Å². The lowest BCUT2D eigenvalue weighted by Crippen LogP contribution is -2.17. The van der Waals surface area contributed by atoms with Crippen molar-refractivity contribution in [2.45, 2.75) is 33.4 Å². The predicted octanol–water partition coefficient (Wildman–Crippen LogP) is 3.75. The highest BCUT2D eigenvalue weighted by molar-refractivity contribution is 5.29. The van der Waals surface area contributed by atoms with E-state index in [1.165, 1.54) is 16.7 Å². The maximum absolute atomic E-state index is 5.36. The summed E-state index contributed by atoms with van der Waals surface area (Å²) in [6, 6.07) is 10.7. The second kappa shape index (κ2) is 5.19. The minimum atomic E-state index is 0.242. The van der Waals surface area contributed by atoms with E-state index in [2.05, 4.69) is 44.3 Å². The molecule has 0 aliphatic carbocycles. The van der Waals surface area contributed by atoms with Crippen LogP contribution in [0.4, 0.5) is 0 Å². The van der Waals surface area contributed by atoms with Gasteiger partial charge in [0.15, 0.2) is 0 Å². The Bertz CT molecular complexity index is 474. The van der Waals surface area contributed by atoms with E-state index in [1.807, 2.05) is 12.1 Å². The molecule has 17 heavy (non-hydrogen) atoms. The maximum Gasteiger partial charge on any atom is 0.120 e. The predicted molar refractivity (Wildman–Crippen MR) is 69.9 cm³/mol. The lowest BCUT2D eigenvalue weighted by Gasteiger charge is -2.12. The van der Waals surface area contributed by atoms with E-state index >= 15 is 0 Å². The highest BCUT2D eigenvalue weighted by Crippen LogP contribution is 2.14. The molecular formula is C15H19NO. The Morgan fingerprint density at radius 2 is 2.00 bits per heavy atom. The van der Waals surface area contributed by atoms with Crippen molar-refractivity contribution in [3.8, 4) is 0 Å². The Morgan fingerprint density at radius 3 is 2.65 bits per heavy atom. The van der Waals surface area contributed by atoms with Crippen molar-refractivity contribution in [3.63, 3.8) is 0 Å². The maximum atomic E-state index is 5.36. The molecule has 2 rings (SSSR count). The zero-order valence-corrected chi connectivity index (χ0v) is 10.7. The van der Waals surface area contributed by atoms with Gasteiger partial charge in [0.25, 0.3) is 0 Å². The van der Waals surface area contributed by atoms with Gasteiger partial charge in [-0.3, -0.25) is 0 Å². The summed E-state index contributed by atoms with van der Waals surface area (Å²) in [6.07, 6.45) is 1.71. The van der Waals surface area contributed by atoms with E-state index < -0.39 is 0 Å². The van der Waals surface area contributed by atoms with Crippen LogP contribution in [0.5, 0.6) is 0 Å². The van der Waals surface area contributed by atoms with Crippen molar-refractivity contribution in [1.82, 2.24) is 5.32 Å². The molecule has 1 atom stereocenters. The molecule has 90 valence electrons. The average Bonchev–Trinajstić information content (AvgIpc) is 2.84. The Hall–Kier alpha value is -1.54. The van der Waals surface area contributed by atoms with Crippen molar-refractivity contribution in [3.05, 3.63) is 59.0 Å². The Labute approximate surface area is 103 Å². The van der Waals surface area contributed by atoms with Crippen LogP contribution in [0.1, 0.15) is 35.4 Å². The fraction of sp³-hybridized carbons (Fsp3) is 0.333. The van der Waals surface area contributed by atoms with Gasteiger partial charge >= 0.3 is 0 Å². The van der Waals surface area contributed by atoms with Crippen molar-refractivity contribution >= 4 is 0 Å². The highest BCUT2D eigenvalue weighted by Gasteiger charge is 2.07. The van der Waals surface area contributed by atoms with Gasteiger partial charge in [0.1, 0.15) is 5.76 Å². The standard InChI is InChI=1S/C15H19NO/c1-11-6-7-14(9-12(11)2)10-16-13(3)15-5-4-8-17-15/h4-9,13,16H,10H2,1-3H3/t13-/m0/s1. The average molecular weight is 229 g/mol. The number of benzene rings is 1. The summed E-state index contributed by atoms with van der Waals surface area (Å²) >= 11 is 0. The molecule has 0 fully saturated rings. The van der Waals surface area contributed by atoms with Crippen molar-refractivity contribution < 1.29 is 4.42 Å². The molecule has 0 bridgehead atoms. The third-order valence-corrected chi connectivity index (χ3v) is 3.15. The highest BCUT2D eigenvalue weighted by atomic mass is 16.3. The molecule has 1 aromatic carbocycles. The lowest BCUT2D eigenvalue weighted by molar-refractivity contribution is 0.430. The van der Waals surface area contributed by atoms with Gasteiger partial charge in [-0.25, -0.2) is 0 Å². The second-order valence-corrected chi connectivity index (χ2v) is 4.54. The number of rotatable bonds is 4. The quantitative estimate of drug-likeness (QED) is 0.863.